The highest BCUT2D eigenvalue weighted by atomic mass is 35.5. The molecule has 104 valence electrons. The van der Waals surface area contributed by atoms with Gasteiger partial charge < -0.3 is 10.2 Å². The molecule has 1 heterocycles. The summed E-state index contributed by atoms with van der Waals surface area (Å²) in [6, 6.07) is 10.8. The van der Waals surface area contributed by atoms with Gasteiger partial charge in [-0.15, -0.1) is 0 Å². The van der Waals surface area contributed by atoms with Gasteiger partial charge in [-0.25, -0.2) is 4.79 Å². The van der Waals surface area contributed by atoms with Crippen LogP contribution in [-0.4, -0.2) is 22.5 Å². The Balaban J connectivity index is 2.02. The molecule has 5 heteroatoms. The van der Waals surface area contributed by atoms with Gasteiger partial charge in [0, 0.05) is 36.2 Å². The molecule has 0 spiro atoms. The minimum absolute atomic E-state index is 0.147. The number of hydrogen-bond donors (Lipinski definition) is 1. The van der Waals surface area contributed by atoms with Gasteiger partial charge in [-0.3, -0.25) is 4.98 Å². The van der Waals surface area contributed by atoms with Gasteiger partial charge in [-0.2, -0.15) is 0 Å². The number of anilines is 1. The van der Waals surface area contributed by atoms with Gasteiger partial charge in [0.1, 0.15) is 0 Å². The second kappa shape index (κ2) is 6.91. The lowest BCUT2D eigenvalue weighted by Crippen LogP contribution is -2.34. The molecule has 2 aromatic rings. The van der Waals surface area contributed by atoms with Gasteiger partial charge in [-0.05, 0) is 42.8 Å². The molecule has 0 aliphatic heterocycles. The van der Waals surface area contributed by atoms with Gasteiger partial charge in [0.2, 0.25) is 0 Å². The van der Waals surface area contributed by atoms with Crippen molar-refractivity contribution in [1.29, 1.82) is 0 Å². The highest BCUT2D eigenvalue weighted by molar-refractivity contribution is 6.30. The van der Waals surface area contributed by atoms with Crippen LogP contribution in [0, 0.1) is 0 Å². The molecule has 0 bridgehead atoms. The largest absolute Gasteiger partial charge is 0.322 e. The molecule has 0 saturated carbocycles. The van der Waals surface area contributed by atoms with Crippen LogP contribution < -0.4 is 5.32 Å². The molecule has 4 nitrogen and oxygen atoms in total. The number of pyridine rings is 1. The van der Waals surface area contributed by atoms with E-state index in [1.54, 1.807) is 35.5 Å². The molecule has 0 aliphatic carbocycles. The Kier molecular flexibility index (Phi) is 4.96. The summed E-state index contributed by atoms with van der Waals surface area (Å²) in [5, 5.41) is 3.44. The molecular weight excluding hydrogens is 274 g/mol. The van der Waals surface area contributed by atoms with Crippen LogP contribution in [0.1, 0.15) is 12.5 Å². The Morgan fingerprint density at radius 3 is 2.70 bits per heavy atom. The van der Waals surface area contributed by atoms with Crippen LogP contribution in [-0.2, 0) is 6.54 Å². The second-order valence-corrected chi connectivity index (χ2v) is 4.75. The van der Waals surface area contributed by atoms with Crippen molar-refractivity contribution in [3.05, 3.63) is 59.4 Å². The summed E-state index contributed by atoms with van der Waals surface area (Å²) in [7, 11) is 0. The lowest BCUT2D eigenvalue weighted by molar-refractivity contribution is 0.212. The van der Waals surface area contributed by atoms with Gasteiger partial charge in [0.05, 0.1) is 0 Å². The number of rotatable bonds is 4. The first kappa shape index (κ1) is 14.3. The molecule has 0 fully saturated rings. The monoisotopic (exact) mass is 289 g/mol. The third-order valence-corrected chi connectivity index (χ3v) is 3.10. The van der Waals surface area contributed by atoms with Crippen molar-refractivity contribution in [2.75, 3.05) is 11.9 Å². The predicted molar refractivity (Wildman–Crippen MR) is 80.8 cm³/mol. The minimum Gasteiger partial charge on any atom is -0.320 e. The van der Waals surface area contributed by atoms with Crippen molar-refractivity contribution in [3.8, 4) is 0 Å². The Hall–Kier alpha value is -2.07. The van der Waals surface area contributed by atoms with E-state index in [0.717, 1.165) is 5.56 Å². The number of benzene rings is 1. The molecule has 1 aromatic heterocycles. The Morgan fingerprint density at radius 1 is 1.30 bits per heavy atom. The van der Waals surface area contributed by atoms with E-state index in [-0.39, 0.29) is 6.03 Å². The lowest BCUT2D eigenvalue weighted by atomic mass is 10.2. The van der Waals surface area contributed by atoms with Crippen molar-refractivity contribution in [2.24, 2.45) is 0 Å². The van der Waals surface area contributed by atoms with Gasteiger partial charge >= 0.3 is 6.03 Å². The highest BCUT2D eigenvalue weighted by Crippen LogP contribution is 2.15. The standard InChI is InChI=1S/C15H16ClN3O/c1-2-19(11-12-6-8-17-9-7-12)15(20)18-14-5-3-4-13(16)10-14/h3-10H,2,11H2,1H3,(H,18,20). The molecule has 0 unspecified atom stereocenters. The number of aromatic nitrogens is 1. The van der Waals surface area contributed by atoms with Crippen molar-refractivity contribution >= 4 is 23.3 Å². The molecule has 1 aromatic carbocycles. The third kappa shape index (κ3) is 3.96. The molecule has 0 radical (unpaired) electrons. The number of hydrogen-bond acceptors (Lipinski definition) is 2. The predicted octanol–water partition coefficient (Wildman–Crippen LogP) is 3.79. The van der Waals surface area contributed by atoms with E-state index in [1.807, 2.05) is 25.1 Å². The normalized spacial score (nSPS) is 10.1. The van der Waals surface area contributed by atoms with Crippen molar-refractivity contribution < 1.29 is 4.79 Å². The summed E-state index contributed by atoms with van der Waals surface area (Å²) < 4.78 is 0. The SMILES string of the molecule is CCN(Cc1ccncc1)C(=O)Nc1cccc(Cl)c1. The van der Waals surface area contributed by atoms with Crippen LogP contribution in [0.15, 0.2) is 48.8 Å². The summed E-state index contributed by atoms with van der Waals surface area (Å²) >= 11 is 5.90. The first-order valence-corrected chi connectivity index (χ1v) is 6.77. The van der Waals surface area contributed by atoms with Crippen molar-refractivity contribution in [3.63, 3.8) is 0 Å². The number of carbonyl (C=O) groups excluding carboxylic acids is 1. The van der Waals surface area contributed by atoms with Gasteiger partial charge in [-0.1, -0.05) is 17.7 Å². The zero-order valence-electron chi connectivity index (χ0n) is 11.2. The third-order valence-electron chi connectivity index (χ3n) is 2.87. The fourth-order valence-corrected chi connectivity index (χ4v) is 1.99. The number of halogens is 1. The van der Waals surface area contributed by atoms with Crippen LogP contribution in [0.4, 0.5) is 10.5 Å². The van der Waals surface area contributed by atoms with E-state index in [4.69, 9.17) is 11.6 Å². The van der Waals surface area contributed by atoms with E-state index in [1.165, 1.54) is 0 Å². The maximum Gasteiger partial charge on any atom is 0.322 e. The second-order valence-electron chi connectivity index (χ2n) is 4.31. The van der Waals surface area contributed by atoms with E-state index in [2.05, 4.69) is 10.3 Å². The maximum atomic E-state index is 12.2. The zero-order valence-corrected chi connectivity index (χ0v) is 12.0. The first-order chi connectivity index (χ1) is 9.69. The smallest absolute Gasteiger partial charge is 0.320 e. The maximum absolute atomic E-state index is 12.2. The van der Waals surface area contributed by atoms with Crippen LogP contribution in [0.5, 0.6) is 0 Å². The fourth-order valence-electron chi connectivity index (χ4n) is 1.80. The first-order valence-electron chi connectivity index (χ1n) is 6.39. The van der Waals surface area contributed by atoms with E-state index >= 15 is 0 Å². The van der Waals surface area contributed by atoms with Crippen molar-refractivity contribution in [1.82, 2.24) is 9.88 Å². The van der Waals surface area contributed by atoms with Crippen LogP contribution in [0.25, 0.3) is 0 Å². The summed E-state index contributed by atoms with van der Waals surface area (Å²) in [6.07, 6.45) is 3.44. The fraction of sp³-hybridized carbons (Fsp3) is 0.200. The minimum atomic E-state index is -0.147. The van der Waals surface area contributed by atoms with E-state index in [9.17, 15) is 4.79 Å². The highest BCUT2D eigenvalue weighted by Gasteiger charge is 2.12. The number of nitrogens with one attached hydrogen (secondary N) is 1. The quantitative estimate of drug-likeness (QED) is 0.931. The van der Waals surface area contributed by atoms with Crippen LogP contribution >= 0.6 is 11.6 Å². The number of carbonyl (C=O) groups is 1. The average molecular weight is 290 g/mol. The number of urea groups is 1. The molecule has 2 amide bonds. The summed E-state index contributed by atoms with van der Waals surface area (Å²) in [6.45, 7) is 3.11. The number of amides is 2. The molecule has 2 rings (SSSR count). The summed E-state index contributed by atoms with van der Waals surface area (Å²) in [4.78, 5) is 17.9. The average Bonchev–Trinajstić information content (AvgIpc) is 2.45. The molecule has 0 aliphatic rings. The Labute approximate surface area is 123 Å². The molecule has 0 atom stereocenters. The molecular formula is C15H16ClN3O. The van der Waals surface area contributed by atoms with E-state index in [0.29, 0.717) is 23.8 Å². The zero-order chi connectivity index (χ0) is 14.4. The van der Waals surface area contributed by atoms with Crippen LogP contribution in [0.2, 0.25) is 5.02 Å². The van der Waals surface area contributed by atoms with E-state index < -0.39 is 0 Å². The molecule has 20 heavy (non-hydrogen) atoms. The Morgan fingerprint density at radius 2 is 2.05 bits per heavy atom. The topological polar surface area (TPSA) is 45.2 Å². The summed E-state index contributed by atoms with van der Waals surface area (Å²) in [5.74, 6) is 0. The van der Waals surface area contributed by atoms with Gasteiger partial charge in [0.25, 0.3) is 0 Å². The Bertz CT molecular complexity index is 574. The van der Waals surface area contributed by atoms with Gasteiger partial charge in [0.15, 0.2) is 0 Å². The summed E-state index contributed by atoms with van der Waals surface area (Å²) in [5.41, 5.74) is 1.73. The molecule has 0 saturated heterocycles. The van der Waals surface area contributed by atoms with Crippen LogP contribution in [0.3, 0.4) is 0 Å². The molecule has 1 N–H and O–H groups in total. The lowest BCUT2D eigenvalue weighted by Gasteiger charge is -2.21. The van der Waals surface area contributed by atoms with Crippen molar-refractivity contribution in [2.45, 2.75) is 13.5 Å². The number of nitrogens with zero attached hydrogens (tertiary/aromatic N) is 2.